The summed E-state index contributed by atoms with van der Waals surface area (Å²) < 4.78 is 31.7. The molecule has 10 heteroatoms. The molecule has 21 heavy (non-hydrogen) atoms. The minimum atomic E-state index is -3.94. The monoisotopic (exact) mass is 348 g/mol. The smallest absolute Gasteiger partial charge is 0.262 e. The molecule has 0 fully saturated rings. The molecular formula is C11H10Cl2N4O3S. The van der Waals surface area contributed by atoms with Gasteiger partial charge in [-0.3, -0.25) is 4.72 Å². The van der Waals surface area contributed by atoms with Gasteiger partial charge in [-0.05, 0) is 18.2 Å². The molecule has 0 atom stereocenters. The van der Waals surface area contributed by atoms with Crippen molar-refractivity contribution in [2.24, 2.45) is 0 Å². The summed E-state index contributed by atoms with van der Waals surface area (Å²) >= 11 is 11.6. The number of sulfonamides is 1. The summed E-state index contributed by atoms with van der Waals surface area (Å²) in [6.07, 6.45) is 1.12. The molecule has 0 radical (unpaired) electrons. The van der Waals surface area contributed by atoms with Gasteiger partial charge in [0.2, 0.25) is 0 Å². The number of nitrogens with two attached hydrogens (primary N) is 1. The number of benzene rings is 1. The van der Waals surface area contributed by atoms with Crippen molar-refractivity contribution < 1.29 is 13.2 Å². The molecule has 2 aromatic rings. The molecule has 1 aromatic carbocycles. The fourth-order valence-corrected chi connectivity index (χ4v) is 3.13. The Kier molecular flexibility index (Phi) is 4.40. The average molecular weight is 349 g/mol. The van der Waals surface area contributed by atoms with Gasteiger partial charge in [-0.15, -0.1) is 0 Å². The second kappa shape index (κ2) is 5.92. The van der Waals surface area contributed by atoms with Crippen molar-refractivity contribution in [2.45, 2.75) is 4.90 Å². The van der Waals surface area contributed by atoms with E-state index in [1.165, 1.54) is 25.3 Å². The van der Waals surface area contributed by atoms with Gasteiger partial charge < -0.3 is 10.5 Å². The second-order valence-corrected chi connectivity index (χ2v) is 6.24. The van der Waals surface area contributed by atoms with Crippen molar-refractivity contribution in [2.75, 3.05) is 17.6 Å². The van der Waals surface area contributed by atoms with Crippen LogP contribution in [0.15, 0.2) is 29.4 Å². The van der Waals surface area contributed by atoms with Crippen LogP contribution in [0.5, 0.6) is 5.75 Å². The normalized spacial score (nSPS) is 11.2. The predicted molar refractivity (Wildman–Crippen MR) is 80.3 cm³/mol. The Labute approximate surface area is 131 Å². The predicted octanol–water partition coefficient (Wildman–Crippen LogP) is 2.17. The number of rotatable bonds is 4. The lowest BCUT2D eigenvalue weighted by Crippen LogP contribution is -2.14. The van der Waals surface area contributed by atoms with Crippen LogP contribution in [0.2, 0.25) is 10.3 Å². The van der Waals surface area contributed by atoms with E-state index in [1.54, 1.807) is 0 Å². The largest absolute Gasteiger partial charge is 0.495 e. The van der Waals surface area contributed by atoms with E-state index in [9.17, 15) is 8.42 Å². The molecule has 1 aromatic heterocycles. The van der Waals surface area contributed by atoms with E-state index in [0.717, 1.165) is 6.33 Å². The summed E-state index contributed by atoms with van der Waals surface area (Å²) in [5.74, 6) is 0.369. The van der Waals surface area contributed by atoms with Gasteiger partial charge >= 0.3 is 0 Å². The molecule has 0 bridgehead atoms. The summed E-state index contributed by atoms with van der Waals surface area (Å²) in [4.78, 5) is 7.25. The van der Waals surface area contributed by atoms with Crippen molar-refractivity contribution in [3.63, 3.8) is 0 Å². The molecule has 0 saturated carbocycles. The molecule has 0 saturated heterocycles. The first-order chi connectivity index (χ1) is 9.85. The molecule has 2 rings (SSSR count). The first-order valence-corrected chi connectivity index (χ1v) is 7.71. The fourth-order valence-electron chi connectivity index (χ4n) is 1.50. The van der Waals surface area contributed by atoms with Crippen molar-refractivity contribution in [3.05, 3.63) is 34.8 Å². The van der Waals surface area contributed by atoms with Crippen LogP contribution in [0, 0.1) is 0 Å². The highest BCUT2D eigenvalue weighted by Crippen LogP contribution is 2.30. The second-order valence-electron chi connectivity index (χ2n) is 3.84. The quantitative estimate of drug-likeness (QED) is 0.647. The van der Waals surface area contributed by atoms with E-state index in [2.05, 4.69) is 14.7 Å². The molecule has 0 amide bonds. The van der Waals surface area contributed by atoms with Gasteiger partial charge in [0, 0.05) is 0 Å². The number of hydrogen-bond donors (Lipinski definition) is 2. The van der Waals surface area contributed by atoms with Gasteiger partial charge in [0.15, 0.2) is 10.3 Å². The number of ether oxygens (including phenoxy) is 1. The highest BCUT2D eigenvalue weighted by molar-refractivity contribution is 7.92. The summed E-state index contributed by atoms with van der Waals surface area (Å²) in [7, 11) is -2.51. The van der Waals surface area contributed by atoms with E-state index in [-0.39, 0.29) is 26.6 Å². The molecule has 3 N–H and O–H groups in total. The van der Waals surface area contributed by atoms with Crippen molar-refractivity contribution in [3.8, 4) is 5.75 Å². The number of nitrogens with zero attached hydrogens (tertiary/aromatic N) is 2. The van der Waals surface area contributed by atoms with Crippen LogP contribution in [0.4, 0.5) is 11.4 Å². The zero-order valence-electron chi connectivity index (χ0n) is 10.7. The van der Waals surface area contributed by atoms with Gasteiger partial charge in [-0.1, -0.05) is 23.2 Å². The van der Waals surface area contributed by atoms with Crippen LogP contribution >= 0.6 is 23.2 Å². The molecule has 0 aliphatic carbocycles. The number of halogens is 2. The lowest BCUT2D eigenvalue weighted by molar-refractivity contribution is 0.416. The molecular weight excluding hydrogens is 339 g/mol. The highest BCUT2D eigenvalue weighted by atomic mass is 35.5. The van der Waals surface area contributed by atoms with Gasteiger partial charge in [0.1, 0.15) is 17.8 Å². The molecule has 112 valence electrons. The molecule has 0 aliphatic rings. The van der Waals surface area contributed by atoms with E-state index in [1.807, 2.05) is 0 Å². The molecule has 7 nitrogen and oxygen atoms in total. The zero-order valence-corrected chi connectivity index (χ0v) is 13.0. The van der Waals surface area contributed by atoms with E-state index >= 15 is 0 Å². The van der Waals surface area contributed by atoms with Crippen molar-refractivity contribution in [1.82, 2.24) is 9.97 Å². The minimum Gasteiger partial charge on any atom is -0.495 e. The van der Waals surface area contributed by atoms with Gasteiger partial charge in [-0.2, -0.15) is 0 Å². The fraction of sp³-hybridized carbons (Fsp3) is 0.0909. The molecule has 0 unspecified atom stereocenters. The van der Waals surface area contributed by atoms with Gasteiger partial charge in [0.25, 0.3) is 10.0 Å². The maximum absolute atomic E-state index is 12.3. The first kappa shape index (κ1) is 15.6. The molecule has 0 spiro atoms. The average Bonchev–Trinajstić information content (AvgIpc) is 2.43. The van der Waals surface area contributed by atoms with Crippen LogP contribution in [-0.2, 0) is 10.0 Å². The highest BCUT2D eigenvalue weighted by Gasteiger charge is 2.20. The summed E-state index contributed by atoms with van der Waals surface area (Å²) in [5, 5.41) is -0.222. The SMILES string of the molecule is COc1ccc(S(=O)(=O)Nc2c(Cl)ncnc2Cl)cc1N. The van der Waals surface area contributed by atoms with Crippen LogP contribution in [0.1, 0.15) is 0 Å². The third-order valence-electron chi connectivity index (χ3n) is 2.50. The number of anilines is 2. The number of nitrogen functional groups attached to an aromatic ring is 1. The first-order valence-electron chi connectivity index (χ1n) is 5.47. The zero-order chi connectivity index (χ0) is 15.6. The van der Waals surface area contributed by atoms with Crippen LogP contribution < -0.4 is 15.2 Å². The number of hydrogen-bond acceptors (Lipinski definition) is 6. The Bertz CT molecular complexity index is 763. The molecule has 0 aliphatic heterocycles. The Balaban J connectivity index is 2.41. The Hall–Kier alpha value is -1.77. The standard InChI is InChI=1S/C11H10Cl2N4O3S/c1-20-8-3-2-6(4-7(8)14)21(18,19)17-9-10(12)15-5-16-11(9)13/h2-5,17H,14H2,1H3. The number of nitrogens with one attached hydrogen (secondary N) is 1. The maximum Gasteiger partial charge on any atom is 0.262 e. The topological polar surface area (TPSA) is 107 Å². The summed E-state index contributed by atoms with van der Waals surface area (Å²) in [6.45, 7) is 0. The summed E-state index contributed by atoms with van der Waals surface area (Å²) in [6, 6.07) is 4.03. The minimum absolute atomic E-state index is 0.0724. The van der Waals surface area contributed by atoms with E-state index in [0.29, 0.717) is 5.75 Å². The van der Waals surface area contributed by atoms with E-state index in [4.69, 9.17) is 33.7 Å². The Morgan fingerprint density at radius 2 is 1.86 bits per heavy atom. The van der Waals surface area contributed by atoms with Crippen molar-refractivity contribution in [1.29, 1.82) is 0 Å². The van der Waals surface area contributed by atoms with Gasteiger partial charge in [-0.25, -0.2) is 18.4 Å². The van der Waals surface area contributed by atoms with Crippen LogP contribution in [0.25, 0.3) is 0 Å². The third kappa shape index (κ3) is 3.29. The van der Waals surface area contributed by atoms with Crippen LogP contribution in [-0.4, -0.2) is 25.5 Å². The number of aromatic nitrogens is 2. The summed E-state index contributed by atoms with van der Waals surface area (Å²) in [5.41, 5.74) is 5.77. The lowest BCUT2D eigenvalue weighted by Gasteiger charge is -2.11. The van der Waals surface area contributed by atoms with E-state index < -0.39 is 10.0 Å². The Morgan fingerprint density at radius 1 is 1.24 bits per heavy atom. The molecule has 1 heterocycles. The van der Waals surface area contributed by atoms with Crippen LogP contribution in [0.3, 0.4) is 0 Å². The lowest BCUT2D eigenvalue weighted by atomic mass is 10.3. The van der Waals surface area contributed by atoms with Gasteiger partial charge in [0.05, 0.1) is 17.7 Å². The third-order valence-corrected chi connectivity index (χ3v) is 4.42. The maximum atomic E-state index is 12.3. The Morgan fingerprint density at radius 3 is 2.38 bits per heavy atom. The number of methoxy groups -OCH3 is 1. The van der Waals surface area contributed by atoms with Crippen molar-refractivity contribution >= 4 is 44.6 Å².